The minimum Gasteiger partial charge on any atom is -0.326 e. The van der Waals surface area contributed by atoms with Crippen molar-refractivity contribution in [3.8, 4) is 0 Å². The molecule has 122 valence electrons. The summed E-state index contributed by atoms with van der Waals surface area (Å²) in [7, 11) is -3.53. The van der Waals surface area contributed by atoms with E-state index < -0.39 is 10.0 Å². The Morgan fingerprint density at radius 1 is 1.32 bits per heavy atom. The molecule has 0 radical (unpaired) electrons. The predicted molar refractivity (Wildman–Crippen MR) is 86.8 cm³/mol. The van der Waals surface area contributed by atoms with Gasteiger partial charge in [0.15, 0.2) is 0 Å². The summed E-state index contributed by atoms with van der Waals surface area (Å²) in [6.45, 7) is 2.92. The molecule has 2 heterocycles. The number of hydrogen-bond acceptors (Lipinski definition) is 4. The number of amides is 1. The molecule has 8 heteroatoms. The largest absolute Gasteiger partial charge is 0.326 e. The quantitative estimate of drug-likeness (QED) is 0.856. The average Bonchev–Trinajstić information content (AvgIpc) is 3.03. The molecular formula is C14H20ClN3O3S. The number of rotatable bonds is 2. The summed E-state index contributed by atoms with van der Waals surface area (Å²) in [6, 6.07) is 4.95. The number of nitrogens with zero attached hydrogens (tertiary/aromatic N) is 2. The molecule has 0 aromatic heterocycles. The number of benzene rings is 1. The van der Waals surface area contributed by atoms with Crippen LogP contribution in [0.3, 0.4) is 0 Å². The summed E-state index contributed by atoms with van der Waals surface area (Å²) in [6.07, 6.45) is 1.45. The normalized spacial score (nSPS) is 21.5. The van der Waals surface area contributed by atoms with E-state index in [0.717, 1.165) is 12.0 Å². The van der Waals surface area contributed by atoms with Crippen LogP contribution in [-0.4, -0.2) is 44.3 Å². The zero-order valence-corrected chi connectivity index (χ0v) is 14.0. The van der Waals surface area contributed by atoms with Crippen LogP contribution >= 0.6 is 12.4 Å². The van der Waals surface area contributed by atoms with Crippen molar-refractivity contribution in [3.63, 3.8) is 0 Å². The Hall–Kier alpha value is -1.15. The minimum atomic E-state index is -3.53. The zero-order valence-electron chi connectivity index (χ0n) is 12.4. The number of sulfonamides is 1. The van der Waals surface area contributed by atoms with Crippen molar-refractivity contribution in [2.24, 2.45) is 5.73 Å². The highest BCUT2D eigenvalue weighted by atomic mass is 35.5. The van der Waals surface area contributed by atoms with Gasteiger partial charge in [0.05, 0.1) is 4.90 Å². The van der Waals surface area contributed by atoms with Gasteiger partial charge in [-0.1, -0.05) is 6.07 Å². The molecule has 0 aliphatic carbocycles. The molecule has 1 saturated heterocycles. The molecule has 0 bridgehead atoms. The van der Waals surface area contributed by atoms with Crippen molar-refractivity contribution < 1.29 is 13.2 Å². The molecule has 0 unspecified atom stereocenters. The molecular weight excluding hydrogens is 326 g/mol. The van der Waals surface area contributed by atoms with E-state index in [-0.39, 0.29) is 29.3 Å². The van der Waals surface area contributed by atoms with E-state index in [1.165, 1.54) is 11.2 Å². The molecule has 22 heavy (non-hydrogen) atoms. The van der Waals surface area contributed by atoms with Crippen LogP contribution in [0, 0.1) is 0 Å². The lowest BCUT2D eigenvalue weighted by Crippen LogP contribution is -2.32. The van der Waals surface area contributed by atoms with Crippen LogP contribution in [0.2, 0.25) is 0 Å². The second-order valence-electron chi connectivity index (χ2n) is 5.62. The first-order valence-corrected chi connectivity index (χ1v) is 8.50. The highest BCUT2D eigenvalue weighted by molar-refractivity contribution is 7.89. The Balaban J connectivity index is 0.00000176. The zero-order chi connectivity index (χ0) is 15.2. The Bertz CT molecular complexity index is 693. The fourth-order valence-electron chi connectivity index (χ4n) is 2.97. The third-order valence-electron chi connectivity index (χ3n) is 4.16. The van der Waals surface area contributed by atoms with Gasteiger partial charge in [-0.2, -0.15) is 4.31 Å². The average molecular weight is 346 g/mol. The molecule has 1 atom stereocenters. The van der Waals surface area contributed by atoms with Crippen molar-refractivity contribution >= 4 is 34.0 Å². The predicted octanol–water partition coefficient (Wildman–Crippen LogP) is 0.739. The molecule has 6 nitrogen and oxygen atoms in total. The lowest BCUT2D eigenvalue weighted by Gasteiger charge is -2.19. The molecule has 3 rings (SSSR count). The van der Waals surface area contributed by atoms with Gasteiger partial charge in [-0.15, -0.1) is 12.4 Å². The maximum Gasteiger partial charge on any atom is 0.243 e. The van der Waals surface area contributed by atoms with E-state index in [1.54, 1.807) is 23.1 Å². The minimum absolute atomic E-state index is 0. The summed E-state index contributed by atoms with van der Waals surface area (Å²) >= 11 is 0. The van der Waals surface area contributed by atoms with Gasteiger partial charge in [-0.25, -0.2) is 8.42 Å². The molecule has 2 aliphatic heterocycles. The summed E-state index contributed by atoms with van der Waals surface area (Å²) in [5.74, 6) is -0.0634. The lowest BCUT2D eigenvalue weighted by molar-refractivity contribution is -0.116. The first-order chi connectivity index (χ1) is 9.89. The van der Waals surface area contributed by atoms with Crippen molar-refractivity contribution in [1.82, 2.24) is 4.31 Å². The molecule has 1 aromatic rings. The van der Waals surface area contributed by atoms with Crippen molar-refractivity contribution in [2.45, 2.75) is 30.7 Å². The van der Waals surface area contributed by atoms with Crippen LogP contribution in [0.1, 0.15) is 18.9 Å². The van der Waals surface area contributed by atoms with Crippen molar-refractivity contribution in [1.29, 1.82) is 0 Å². The summed E-state index contributed by atoms with van der Waals surface area (Å²) in [4.78, 5) is 13.5. The third-order valence-corrected chi connectivity index (χ3v) is 6.02. The third kappa shape index (κ3) is 2.86. The van der Waals surface area contributed by atoms with E-state index in [2.05, 4.69) is 0 Å². The first kappa shape index (κ1) is 17.2. The first-order valence-electron chi connectivity index (χ1n) is 7.06. The van der Waals surface area contributed by atoms with E-state index in [1.807, 2.05) is 0 Å². The van der Waals surface area contributed by atoms with Gasteiger partial charge in [-0.05, 0) is 30.5 Å². The molecule has 2 N–H and O–H groups in total. The molecule has 0 spiro atoms. The van der Waals surface area contributed by atoms with E-state index in [0.29, 0.717) is 31.7 Å². The second-order valence-corrected chi connectivity index (χ2v) is 7.56. The van der Waals surface area contributed by atoms with Crippen LogP contribution in [0.25, 0.3) is 0 Å². The summed E-state index contributed by atoms with van der Waals surface area (Å²) in [5.41, 5.74) is 7.52. The van der Waals surface area contributed by atoms with Gasteiger partial charge >= 0.3 is 0 Å². The van der Waals surface area contributed by atoms with Crippen LogP contribution < -0.4 is 10.6 Å². The fraction of sp³-hybridized carbons (Fsp3) is 0.500. The van der Waals surface area contributed by atoms with Crippen LogP contribution in [-0.2, 0) is 21.2 Å². The van der Waals surface area contributed by atoms with E-state index in [9.17, 15) is 13.2 Å². The van der Waals surface area contributed by atoms with Gasteiger partial charge in [0.25, 0.3) is 0 Å². The van der Waals surface area contributed by atoms with E-state index in [4.69, 9.17) is 5.73 Å². The number of halogens is 1. The number of carbonyl (C=O) groups is 1. The highest BCUT2D eigenvalue weighted by Crippen LogP contribution is 2.32. The number of carbonyl (C=O) groups excluding carboxylic acids is 1. The van der Waals surface area contributed by atoms with Gasteiger partial charge in [0.2, 0.25) is 15.9 Å². The Morgan fingerprint density at radius 2 is 2.05 bits per heavy atom. The molecule has 2 aliphatic rings. The SMILES string of the molecule is CC(=O)N1CCc2ccc(S(=O)(=O)N3CC[C@H](N)C3)cc21.Cl. The number of hydrogen-bond donors (Lipinski definition) is 1. The topological polar surface area (TPSA) is 83.7 Å². The van der Waals surface area contributed by atoms with E-state index >= 15 is 0 Å². The Labute approximate surface area is 136 Å². The number of anilines is 1. The summed E-state index contributed by atoms with van der Waals surface area (Å²) in [5, 5.41) is 0. The maximum absolute atomic E-state index is 12.6. The monoisotopic (exact) mass is 345 g/mol. The number of fused-ring (bicyclic) bond motifs is 1. The van der Waals surface area contributed by atoms with Crippen LogP contribution in [0.15, 0.2) is 23.1 Å². The maximum atomic E-state index is 12.6. The Kier molecular flexibility index (Phi) is 4.81. The second kappa shape index (κ2) is 6.16. The van der Waals surface area contributed by atoms with Gasteiger partial charge in [-0.3, -0.25) is 4.79 Å². The smallest absolute Gasteiger partial charge is 0.243 e. The fourth-order valence-corrected chi connectivity index (χ4v) is 4.50. The molecule has 1 amide bonds. The van der Waals surface area contributed by atoms with Gasteiger partial charge < -0.3 is 10.6 Å². The van der Waals surface area contributed by atoms with Crippen molar-refractivity contribution in [3.05, 3.63) is 23.8 Å². The summed E-state index contributed by atoms with van der Waals surface area (Å²) < 4.78 is 26.7. The van der Waals surface area contributed by atoms with Crippen LogP contribution in [0.5, 0.6) is 0 Å². The van der Waals surface area contributed by atoms with Gasteiger partial charge in [0, 0.05) is 38.3 Å². The standard InChI is InChI=1S/C14H19N3O3S.ClH/c1-10(18)17-7-4-11-2-3-13(8-14(11)17)21(19,20)16-6-5-12(15)9-16;/h2-3,8,12H,4-7,9,15H2,1H3;1H/t12-;/m0./s1. The van der Waals surface area contributed by atoms with Crippen molar-refractivity contribution in [2.75, 3.05) is 24.5 Å². The highest BCUT2D eigenvalue weighted by Gasteiger charge is 2.32. The molecule has 1 fully saturated rings. The lowest BCUT2D eigenvalue weighted by atomic mass is 10.2. The Morgan fingerprint density at radius 3 is 2.64 bits per heavy atom. The number of nitrogens with two attached hydrogens (primary N) is 1. The van der Waals surface area contributed by atoms with Crippen LogP contribution in [0.4, 0.5) is 5.69 Å². The molecule has 0 saturated carbocycles. The van der Waals surface area contributed by atoms with Gasteiger partial charge in [0.1, 0.15) is 0 Å². The molecule has 1 aromatic carbocycles.